The van der Waals surface area contributed by atoms with E-state index in [4.69, 9.17) is 22.1 Å². The van der Waals surface area contributed by atoms with E-state index in [9.17, 15) is 9.59 Å². The molecular weight excluding hydrogens is 344 g/mol. The first-order chi connectivity index (χ1) is 12.0. The molecule has 2 rings (SSSR count). The highest BCUT2D eigenvalue weighted by atomic mass is 35.5. The Balaban J connectivity index is 1.86. The molecule has 4 N–H and O–H groups in total. The zero-order valence-electron chi connectivity index (χ0n) is 13.7. The predicted octanol–water partition coefficient (Wildman–Crippen LogP) is 2.93. The predicted molar refractivity (Wildman–Crippen MR) is 97.8 cm³/mol. The van der Waals surface area contributed by atoms with Crippen molar-refractivity contribution in [3.8, 4) is 0 Å². The maximum Gasteiger partial charge on any atom is 0.338 e. The molecule has 0 aliphatic heterocycles. The monoisotopic (exact) mass is 362 g/mol. The fraction of sp³-hybridized carbons (Fsp3) is 0.235. The molecule has 1 amide bonds. The molecule has 0 fully saturated rings. The first-order valence-corrected chi connectivity index (χ1v) is 8.09. The molecule has 2 aromatic rings. The SMILES string of the molecule is CCOC(=O)c1cccc(NC(=O)CCNc2cc(N)nc(Cl)c2)c1. The zero-order chi connectivity index (χ0) is 18.2. The van der Waals surface area contributed by atoms with Crippen molar-refractivity contribution >= 4 is 40.7 Å². The highest BCUT2D eigenvalue weighted by Gasteiger charge is 2.08. The van der Waals surface area contributed by atoms with Gasteiger partial charge in [0.05, 0.1) is 12.2 Å². The summed E-state index contributed by atoms with van der Waals surface area (Å²) < 4.78 is 4.93. The van der Waals surface area contributed by atoms with E-state index in [1.54, 1.807) is 43.3 Å². The van der Waals surface area contributed by atoms with Gasteiger partial charge in [0.15, 0.2) is 0 Å². The summed E-state index contributed by atoms with van der Waals surface area (Å²) in [6.45, 7) is 2.42. The zero-order valence-corrected chi connectivity index (χ0v) is 14.5. The van der Waals surface area contributed by atoms with Gasteiger partial charge in [0.25, 0.3) is 0 Å². The molecule has 8 heteroatoms. The normalized spacial score (nSPS) is 10.2. The third-order valence-corrected chi connectivity index (χ3v) is 3.35. The van der Waals surface area contributed by atoms with Crippen molar-refractivity contribution in [2.24, 2.45) is 0 Å². The molecule has 1 heterocycles. The lowest BCUT2D eigenvalue weighted by atomic mass is 10.2. The second-order valence-corrected chi connectivity index (χ2v) is 5.52. The largest absolute Gasteiger partial charge is 0.462 e. The number of carbonyl (C=O) groups excluding carboxylic acids is 2. The van der Waals surface area contributed by atoms with Gasteiger partial charge in [0.2, 0.25) is 5.91 Å². The number of anilines is 3. The highest BCUT2D eigenvalue weighted by Crippen LogP contribution is 2.16. The van der Waals surface area contributed by atoms with E-state index in [1.165, 1.54) is 0 Å². The maximum atomic E-state index is 12.0. The first kappa shape index (κ1) is 18.5. The summed E-state index contributed by atoms with van der Waals surface area (Å²) >= 11 is 5.81. The smallest absolute Gasteiger partial charge is 0.338 e. The summed E-state index contributed by atoms with van der Waals surface area (Å²) in [6.07, 6.45) is 0.226. The lowest BCUT2D eigenvalue weighted by molar-refractivity contribution is -0.115. The highest BCUT2D eigenvalue weighted by molar-refractivity contribution is 6.29. The average molecular weight is 363 g/mol. The third kappa shape index (κ3) is 5.96. The topological polar surface area (TPSA) is 106 Å². The van der Waals surface area contributed by atoms with Crippen molar-refractivity contribution in [2.75, 3.05) is 29.5 Å². The van der Waals surface area contributed by atoms with Gasteiger partial charge in [-0.1, -0.05) is 17.7 Å². The van der Waals surface area contributed by atoms with Crippen LogP contribution >= 0.6 is 11.6 Å². The number of pyridine rings is 1. The third-order valence-electron chi connectivity index (χ3n) is 3.15. The molecule has 0 aliphatic rings. The molecular formula is C17H19ClN4O3. The number of nitrogen functional groups attached to an aromatic ring is 1. The number of carbonyl (C=O) groups is 2. The number of hydrogen-bond acceptors (Lipinski definition) is 6. The number of amides is 1. The summed E-state index contributed by atoms with van der Waals surface area (Å²) in [4.78, 5) is 27.6. The molecule has 0 saturated carbocycles. The Morgan fingerprint density at radius 2 is 2.04 bits per heavy atom. The van der Waals surface area contributed by atoms with Gasteiger partial charge in [-0.05, 0) is 31.2 Å². The van der Waals surface area contributed by atoms with E-state index in [-0.39, 0.29) is 17.5 Å². The number of esters is 1. The molecule has 25 heavy (non-hydrogen) atoms. The number of nitrogens with one attached hydrogen (secondary N) is 2. The molecule has 0 radical (unpaired) electrons. The van der Waals surface area contributed by atoms with Gasteiger partial charge in [0.1, 0.15) is 11.0 Å². The van der Waals surface area contributed by atoms with Crippen LogP contribution in [0.1, 0.15) is 23.7 Å². The second-order valence-electron chi connectivity index (χ2n) is 5.13. The van der Waals surface area contributed by atoms with Crippen LogP contribution in [0.4, 0.5) is 17.2 Å². The van der Waals surface area contributed by atoms with Gasteiger partial charge in [-0.25, -0.2) is 9.78 Å². The molecule has 0 aliphatic carbocycles. The van der Waals surface area contributed by atoms with Crippen LogP contribution in [0.5, 0.6) is 0 Å². The van der Waals surface area contributed by atoms with Crippen molar-refractivity contribution in [1.82, 2.24) is 4.98 Å². The molecule has 0 unspecified atom stereocenters. The van der Waals surface area contributed by atoms with Crippen LogP contribution in [-0.4, -0.2) is 30.0 Å². The van der Waals surface area contributed by atoms with Gasteiger partial charge >= 0.3 is 5.97 Å². The molecule has 0 saturated heterocycles. The summed E-state index contributed by atoms with van der Waals surface area (Å²) in [5, 5.41) is 6.07. The average Bonchev–Trinajstić information content (AvgIpc) is 2.54. The second kappa shape index (κ2) is 8.89. The molecule has 1 aromatic heterocycles. The van der Waals surface area contributed by atoms with Crippen LogP contribution in [-0.2, 0) is 9.53 Å². The molecule has 0 atom stereocenters. The Morgan fingerprint density at radius 1 is 1.24 bits per heavy atom. The molecule has 1 aromatic carbocycles. The number of aromatic nitrogens is 1. The number of nitrogens with two attached hydrogens (primary N) is 1. The first-order valence-electron chi connectivity index (χ1n) is 7.72. The standard InChI is InChI=1S/C17H19ClN4O3/c1-2-25-17(24)11-4-3-5-12(8-11)21-16(23)6-7-20-13-9-14(18)22-15(19)10-13/h3-5,8-10H,2,6-7H2,1H3,(H,21,23)(H3,19,20,22). The van der Waals surface area contributed by atoms with E-state index in [0.717, 1.165) is 0 Å². The van der Waals surface area contributed by atoms with Gasteiger partial charge in [-0.2, -0.15) is 0 Å². The number of nitrogens with zero attached hydrogens (tertiary/aromatic N) is 1. The number of benzene rings is 1. The van der Waals surface area contributed by atoms with Crippen molar-refractivity contribution in [3.63, 3.8) is 0 Å². The Kier molecular flexibility index (Phi) is 6.59. The molecule has 132 valence electrons. The lowest BCUT2D eigenvalue weighted by Crippen LogP contribution is -2.16. The lowest BCUT2D eigenvalue weighted by Gasteiger charge is -2.09. The summed E-state index contributed by atoms with van der Waals surface area (Å²) in [7, 11) is 0. The fourth-order valence-corrected chi connectivity index (χ4v) is 2.32. The maximum absolute atomic E-state index is 12.0. The van der Waals surface area contributed by atoms with Crippen LogP contribution in [0.3, 0.4) is 0 Å². The number of hydrogen-bond donors (Lipinski definition) is 3. The minimum Gasteiger partial charge on any atom is -0.462 e. The summed E-state index contributed by atoms with van der Waals surface area (Å²) in [5.41, 5.74) is 7.21. The van der Waals surface area contributed by atoms with Gasteiger partial charge < -0.3 is 21.1 Å². The summed E-state index contributed by atoms with van der Waals surface area (Å²) in [6, 6.07) is 9.85. The van der Waals surface area contributed by atoms with Crippen molar-refractivity contribution in [1.29, 1.82) is 0 Å². The Morgan fingerprint density at radius 3 is 2.76 bits per heavy atom. The van der Waals surface area contributed by atoms with Crippen molar-refractivity contribution in [3.05, 3.63) is 47.1 Å². The summed E-state index contributed by atoms with van der Waals surface area (Å²) in [5.74, 6) is -0.315. The van der Waals surface area contributed by atoms with Crippen molar-refractivity contribution in [2.45, 2.75) is 13.3 Å². The van der Waals surface area contributed by atoms with Gasteiger partial charge in [0, 0.05) is 30.4 Å². The molecule has 7 nitrogen and oxygen atoms in total. The fourth-order valence-electron chi connectivity index (χ4n) is 2.10. The Labute approximate surface area is 150 Å². The number of halogens is 1. The molecule has 0 bridgehead atoms. The van der Waals surface area contributed by atoms with E-state index >= 15 is 0 Å². The van der Waals surface area contributed by atoms with Crippen LogP contribution in [0.25, 0.3) is 0 Å². The van der Waals surface area contributed by atoms with E-state index in [1.807, 2.05) is 0 Å². The minimum atomic E-state index is -0.424. The molecule has 0 spiro atoms. The van der Waals surface area contributed by atoms with Gasteiger partial charge in [-0.15, -0.1) is 0 Å². The van der Waals surface area contributed by atoms with Crippen LogP contribution in [0.2, 0.25) is 5.15 Å². The number of ether oxygens (including phenoxy) is 1. The van der Waals surface area contributed by atoms with E-state index in [2.05, 4.69) is 15.6 Å². The number of rotatable bonds is 7. The minimum absolute atomic E-state index is 0.193. The van der Waals surface area contributed by atoms with Crippen molar-refractivity contribution < 1.29 is 14.3 Å². The Hall–Kier alpha value is -2.80. The van der Waals surface area contributed by atoms with Crippen LogP contribution < -0.4 is 16.4 Å². The quantitative estimate of drug-likeness (QED) is 0.516. The van der Waals surface area contributed by atoms with Crippen LogP contribution in [0.15, 0.2) is 36.4 Å². The Bertz CT molecular complexity index is 747. The van der Waals surface area contributed by atoms with E-state index in [0.29, 0.717) is 35.9 Å². The van der Waals surface area contributed by atoms with Crippen LogP contribution in [0, 0.1) is 0 Å². The van der Waals surface area contributed by atoms with E-state index < -0.39 is 5.97 Å². The van der Waals surface area contributed by atoms with Gasteiger partial charge in [-0.3, -0.25) is 4.79 Å².